The first-order valence-electron chi connectivity index (χ1n) is 8.58. The smallest absolute Gasteiger partial charge is 0.266 e. The van der Waals surface area contributed by atoms with Crippen LogP contribution in [0.25, 0.3) is 0 Å². The van der Waals surface area contributed by atoms with Gasteiger partial charge in [-0.1, -0.05) is 22.8 Å². The summed E-state index contributed by atoms with van der Waals surface area (Å²) in [5.41, 5.74) is 1.85. The molecule has 136 valence electrons. The Balaban J connectivity index is 1.28. The van der Waals surface area contributed by atoms with Gasteiger partial charge in [-0.05, 0) is 24.3 Å². The van der Waals surface area contributed by atoms with Gasteiger partial charge in [0, 0.05) is 45.3 Å². The van der Waals surface area contributed by atoms with Gasteiger partial charge in [-0.3, -0.25) is 14.7 Å². The molecule has 4 rings (SSSR count). The molecule has 0 unspecified atom stereocenters. The molecule has 0 aromatic carbocycles. The van der Waals surface area contributed by atoms with Crippen molar-refractivity contribution in [2.75, 3.05) is 26.2 Å². The molecule has 8 heteroatoms. The van der Waals surface area contributed by atoms with Gasteiger partial charge in [-0.15, -0.1) is 11.3 Å². The highest BCUT2D eigenvalue weighted by molar-refractivity contribution is 7.18. The molecular weight excluding hydrogens is 372 g/mol. The lowest BCUT2D eigenvalue weighted by Gasteiger charge is -2.35. The zero-order chi connectivity index (χ0) is 17.9. The van der Waals surface area contributed by atoms with Crippen LogP contribution in [0, 0.1) is 0 Å². The van der Waals surface area contributed by atoms with Gasteiger partial charge in [0.15, 0.2) is 0 Å². The molecule has 0 aliphatic carbocycles. The number of piperazine rings is 1. The van der Waals surface area contributed by atoms with Crippen LogP contribution in [0.5, 0.6) is 0 Å². The van der Waals surface area contributed by atoms with E-state index in [0.29, 0.717) is 23.8 Å². The number of pyridine rings is 1. The molecule has 1 saturated heterocycles. The number of thiophene rings is 1. The number of oxime groups is 1. The first-order valence-corrected chi connectivity index (χ1v) is 9.78. The first kappa shape index (κ1) is 17.5. The topological polar surface area (TPSA) is 58.0 Å². The van der Waals surface area contributed by atoms with Crippen molar-refractivity contribution < 1.29 is 9.63 Å². The summed E-state index contributed by atoms with van der Waals surface area (Å²) in [6.45, 7) is 3.89. The van der Waals surface area contributed by atoms with Crippen LogP contribution in [-0.4, -0.2) is 58.7 Å². The van der Waals surface area contributed by atoms with Gasteiger partial charge in [0.05, 0.1) is 14.9 Å². The second kappa shape index (κ2) is 7.73. The number of hydrogen-bond acceptors (Lipinski definition) is 6. The summed E-state index contributed by atoms with van der Waals surface area (Å²) >= 11 is 7.42. The Bertz CT molecular complexity index is 803. The fourth-order valence-corrected chi connectivity index (χ4v) is 4.21. The Hall–Kier alpha value is -1.96. The Morgan fingerprint density at radius 1 is 1.23 bits per heavy atom. The zero-order valence-corrected chi connectivity index (χ0v) is 15.7. The standard InChI is InChI=1S/C18H19ClN4O2S/c19-17-5-4-16(26-17)14-11-15(25-21-14)18(24)23-9-7-22(8-10-23)12-13-3-1-2-6-20-13/h1-6,15H,7-12H2/t15-/m1/s1. The van der Waals surface area contributed by atoms with Crippen LogP contribution in [0.1, 0.15) is 17.0 Å². The van der Waals surface area contributed by atoms with Crippen molar-refractivity contribution in [2.45, 2.75) is 19.1 Å². The van der Waals surface area contributed by atoms with Gasteiger partial charge in [0.2, 0.25) is 6.10 Å². The van der Waals surface area contributed by atoms with Crippen molar-refractivity contribution in [1.29, 1.82) is 0 Å². The fraction of sp³-hybridized carbons (Fsp3) is 0.389. The lowest BCUT2D eigenvalue weighted by atomic mass is 10.1. The molecular formula is C18H19ClN4O2S. The summed E-state index contributed by atoms with van der Waals surface area (Å²) in [6, 6.07) is 9.69. The van der Waals surface area contributed by atoms with Crippen LogP contribution in [0.4, 0.5) is 0 Å². The van der Waals surface area contributed by atoms with Crippen molar-refractivity contribution in [3.05, 3.63) is 51.4 Å². The number of hydrogen-bond donors (Lipinski definition) is 0. The van der Waals surface area contributed by atoms with E-state index in [1.165, 1.54) is 11.3 Å². The maximum atomic E-state index is 12.7. The maximum Gasteiger partial charge on any atom is 0.266 e. The summed E-state index contributed by atoms with van der Waals surface area (Å²) in [6.07, 6.45) is 1.79. The highest BCUT2D eigenvalue weighted by Crippen LogP contribution is 2.27. The summed E-state index contributed by atoms with van der Waals surface area (Å²) in [7, 11) is 0. The van der Waals surface area contributed by atoms with Gasteiger partial charge in [-0.2, -0.15) is 0 Å². The molecule has 2 aliphatic rings. The van der Waals surface area contributed by atoms with Crippen molar-refractivity contribution in [1.82, 2.24) is 14.8 Å². The van der Waals surface area contributed by atoms with Crippen molar-refractivity contribution in [3.8, 4) is 0 Å². The van der Waals surface area contributed by atoms with E-state index in [2.05, 4.69) is 15.0 Å². The molecule has 1 atom stereocenters. The van der Waals surface area contributed by atoms with E-state index in [1.807, 2.05) is 41.4 Å². The van der Waals surface area contributed by atoms with E-state index in [-0.39, 0.29) is 5.91 Å². The van der Waals surface area contributed by atoms with Crippen LogP contribution in [-0.2, 0) is 16.2 Å². The molecule has 26 heavy (non-hydrogen) atoms. The highest BCUT2D eigenvalue weighted by Gasteiger charge is 2.34. The molecule has 2 aromatic heterocycles. The van der Waals surface area contributed by atoms with Gasteiger partial charge in [0.1, 0.15) is 5.71 Å². The molecule has 6 nitrogen and oxygen atoms in total. The molecule has 0 N–H and O–H groups in total. The number of carbonyl (C=O) groups is 1. The fourth-order valence-electron chi connectivity index (χ4n) is 3.18. The number of rotatable bonds is 4. The summed E-state index contributed by atoms with van der Waals surface area (Å²) in [5, 5.41) is 4.09. The Kier molecular flexibility index (Phi) is 5.19. The van der Waals surface area contributed by atoms with Crippen LogP contribution in [0.15, 0.2) is 41.7 Å². The summed E-state index contributed by atoms with van der Waals surface area (Å²) < 4.78 is 0.710. The minimum Gasteiger partial charge on any atom is -0.382 e. The average Bonchev–Trinajstić information content (AvgIpc) is 3.32. The second-order valence-corrected chi connectivity index (χ2v) is 8.08. The predicted molar refractivity (Wildman–Crippen MR) is 101 cm³/mol. The van der Waals surface area contributed by atoms with Crippen LogP contribution in [0.2, 0.25) is 4.34 Å². The first-order chi connectivity index (χ1) is 12.7. The van der Waals surface area contributed by atoms with E-state index in [0.717, 1.165) is 35.9 Å². The molecule has 0 bridgehead atoms. The van der Waals surface area contributed by atoms with E-state index >= 15 is 0 Å². The van der Waals surface area contributed by atoms with Crippen molar-refractivity contribution in [2.24, 2.45) is 5.16 Å². The minimum atomic E-state index is -0.520. The molecule has 4 heterocycles. The highest BCUT2D eigenvalue weighted by atomic mass is 35.5. The number of aromatic nitrogens is 1. The van der Waals surface area contributed by atoms with E-state index in [1.54, 1.807) is 0 Å². The maximum absolute atomic E-state index is 12.7. The second-order valence-electron chi connectivity index (χ2n) is 6.36. The zero-order valence-electron chi connectivity index (χ0n) is 14.2. The molecule has 2 aliphatic heterocycles. The molecule has 1 fully saturated rings. The predicted octanol–water partition coefficient (Wildman–Crippen LogP) is 2.63. The quantitative estimate of drug-likeness (QED) is 0.805. The average molecular weight is 391 g/mol. The van der Waals surface area contributed by atoms with Crippen LogP contribution in [0.3, 0.4) is 0 Å². The van der Waals surface area contributed by atoms with Crippen LogP contribution < -0.4 is 0 Å². The number of halogens is 1. The Morgan fingerprint density at radius 3 is 2.77 bits per heavy atom. The van der Waals surface area contributed by atoms with Crippen LogP contribution >= 0.6 is 22.9 Å². The van der Waals surface area contributed by atoms with Gasteiger partial charge in [-0.25, -0.2) is 0 Å². The summed E-state index contributed by atoms with van der Waals surface area (Å²) in [5.74, 6) is 0.0175. The van der Waals surface area contributed by atoms with Gasteiger partial charge in [0.25, 0.3) is 5.91 Å². The van der Waals surface area contributed by atoms with E-state index in [9.17, 15) is 4.79 Å². The van der Waals surface area contributed by atoms with Gasteiger partial charge < -0.3 is 9.74 Å². The van der Waals surface area contributed by atoms with E-state index < -0.39 is 6.10 Å². The molecule has 2 aromatic rings. The Morgan fingerprint density at radius 2 is 2.08 bits per heavy atom. The summed E-state index contributed by atoms with van der Waals surface area (Å²) in [4.78, 5) is 27.6. The molecule has 0 radical (unpaired) electrons. The monoisotopic (exact) mass is 390 g/mol. The molecule has 0 spiro atoms. The third-order valence-electron chi connectivity index (χ3n) is 4.60. The normalized spacial score (nSPS) is 20.7. The minimum absolute atomic E-state index is 0.0175. The molecule has 0 saturated carbocycles. The Labute approximate surface area is 161 Å². The number of nitrogens with zero attached hydrogens (tertiary/aromatic N) is 4. The largest absolute Gasteiger partial charge is 0.382 e. The number of amides is 1. The molecule has 1 amide bonds. The lowest BCUT2D eigenvalue weighted by molar-refractivity contribution is -0.143. The number of carbonyl (C=O) groups excluding carboxylic acids is 1. The van der Waals surface area contributed by atoms with Crippen molar-refractivity contribution >= 4 is 34.6 Å². The third kappa shape index (κ3) is 3.90. The SMILES string of the molecule is O=C([C@H]1CC(c2ccc(Cl)s2)=NO1)N1CCN(Cc2ccccn2)CC1. The lowest BCUT2D eigenvalue weighted by Crippen LogP contribution is -2.51. The third-order valence-corrected chi connectivity index (χ3v) is 5.88. The van der Waals surface area contributed by atoms with Gasteiger partial charge >= 0.3 is 0 Å². The van der Waals surface area contributed by atoms with E-state index in [4.69, 9.17) is 16.4 Å². The van der Waals surface area contributed by atoms with Crippen molar-refractivity contribution in [3.63, 3.8) is 0 Å².